The van der Waals surface area contributed by atoms with Gasteiger partial charge in [0.1, 0.15) is 22.9 Å². The molecule has 1 atom stereocenters. The van der Waals surface area contributed by atoms with E-state index in [0.717, 1.165) is 31.9 Å². The molecule has 1 aliphatic heterocycles. The Morgan fingerprint density at radius 3 is 2.80 bits per heavy atom. The maximum Gasteiger partial charge on any atom is 0.257 e. The lowest BCUT2D eigenvalue weighted by Crippen LogP contribution is -2.33. The summed E-state index contributed by atoms with van der Waals surface area (Å²) in [6.45, 7) is 1.20. The van der Waals surface area contributed by atoms with Crippen LogP contribution >= 0.6 is 0 Å². The fraction of sp³-hybridized carbons (Fsp3) is 0.381. The van der Waals surface area contributed by atoms with Gasteiger partial charge in [0.2, 0.25) is 5.43 Å². The third-order valence-electron chi connectivity index (χ3n) is 5.30. The van der Waals surface area contributed by atoms with E-state index in [0.29, 0.717) is 18.9 Å². The molecule has 1 aromatic carbocycles. The number of carbonyl (C=O) groups is 2. The Morgan fingerprint density at radius 1 is 1.33 bits per heavy atom. The first-order valence-electron chi connectivity index (χ1n) is 9.65. The molecule has 0 saturated carbocycles. The Hall–Kier alpha value is -3.07. The summed E-state index contributed by atoms with van der Waals surface area (Å²) in [6.07, 6.45) is 4.26. The Morgan fingerprint density at radius 2 is 2.10 bits per heavy atom. The largest absolute Gasteiger partial charge is 0.503 e. The molecule has 1 saturated heterocycles. The number of aromatic nitrogens is 1. The number of likely N-dealkylation sites (N-methyl/N-ethyl adjacent to an activating group) is 1. The molecule has 9 heteroatoms. The zero-order valence-electron chi connectivity index (χ0n) is 16.5. The molecular weight excluding hydrogens is 396 g/mol. The van der Waals surface area contributed by atoms with Crippen molar-refractivity contribution >= 4 is 12.2 Å². The molecule has 160 valence electrons. The first-order valence-corrected chi connectivity index (χ1v) is 9.65. The van der Waals surface area contributed by atoms with E-state index in [-0.39, 0.29) is 29.4 Å². The standard InChI is InChI=1S/C21H23F2N3O4/c1-25-7-3-2-4-15(10-25)26-11-16(19(28)20(29)18(26)12-27)21(30)24-9-13-5-6-14(22)8-17(13)23/h5-6,8,11-12,15,29H,2-4,7,9-10H2,1H3,(H,24,30). The first-order chi connectivity index (χ1) is 14.3. The van der Waals surface area contributed by atoms with Gasteiger partial charge in [0, 0.05) is 37.0 Å². The molecule has 0 bridgehead atoms. The Labute approximate surface area is 171 Å². The zero-order chi connectivity index (χ0) is 21.8. The lowest BCUT2D eigenvalue weighted by atomic mass is 10.1. The topological polar surface area (TPSA) is 91.6 Å². The van der Waals surface area contributed by atoms with Gasteiger partial charge in [-0.15, -0.1) is 0 Å². The van der Waals surface area contributed by atoms with Gasteiger partial charge in [0.25, 0.3) is 5.91 Å². The minimum Gasteiger partial charge on any atom is -0.503 e. The van der Waals surface area contributed by atoms with Crippen molar-refractivity contribution < 1.29 is 23.5 Å². The van der Waals surface area contributed by atoms with Crippen LogP contribution in [-0.4, -0.2) is 46.9 Å². The van der Waals surface area contributed by atoms with E-state index in [2.05, 4.69) is 10.2 Å². The first kappa shape index (κ1) is 21.6. The number of benzene rings is 1. The van der Waals surface area contributed by atoms with E-state index >= 15 is 0 Å². The highest BCUT2D eigenvalue weighted by Gasteiger charge is 2.25. The highest BCUT2D eigenvalue weighted by Crippen LogP contribution is 2.24. The predicted molar refractivity (Wildman–Crippen MR) is 106 cm³/mol. The van der Waals surface area contributed by atoms with Crippen molar-refractivity contribution in [2.24, 2.45) is 0 Å². The number of likely N-dealkylation sites (tertiary alicyclic amines) is 1. The molecule has 1 unspecified atom stereocenters. The summed E-state index contributed by atoms with van der Waals surface area (Å²) in [5.41, 5.74) is -1.47. The van der Waals surface area contributed by atoms with Crippen LogP contribution in [0.15, 0.2) is 29.2 Å². The van der Waals surface area contributed by atoms with Crippen molar-refractivity contribution in [2.75, 3.05) is 20.1 Å². The van der Waals surface area contributed by atoms with Gasteiger partial charge in [-0.1, -0.05) is 12.5 Å². The smallest absolute Gasteiger partial charge is 0.257 e. The van der Waals surface area contributed by atoms with Gasteiger partial charge in [-0.05, 0) is 32.5 Å². The minimum absolute atomic E-state index is 0.0456. The van der Waals surface area contributed by atoms with Gasteiger partial charge in [0.05, 0.1) is 0 Å². The molecular formula is C21H23F2N3O4. The van der Waals surface area contributed by atoms with Crippen molar-refractivity contribution in [1.82, 2.24) is 14.8 Å². The van der Waals surface area contributed by atoms with Crippen LogP contribution in [0.1, 0.15) is 51.7 Å². The lowest BCUT2D eigenvalue weighted by molar-refractivity contribution is 0.0946. The SMILES string of the molecule is CN1CCCCC(n2cc(C(=O)NCc3ccc(F)cc3F)c(=O)c(O)c2C=O)C1. The van der Waals surface area contributed by atoms with Crippen molar-refractivity contribution in [2.45, 2.75) is 31.8 Å². The van der Waals surface area contributed by atoms with Crippen LogP contribution in [0.4, 0.5) is 8.78 Å². The molecule has 0 spiro atoms. The summed E-state index contributed by atoms with van der Waals surface area (Å²) >= 11 is 0. The number of rotatable bonds is 5. The van der Waals surface area contributed by atoms with Crippen LogP contribution in [-0.2, 0) is 6.54 Å². The average molecular weight is 419 g/mol. The Balaban J connectivity index is 1.91. The molecule has 0 aliphatic carbocycles. The molecule has 1 fully saturated rings. The minimum atomic E-state index is -0.979. The third kappa shape index (κ3) is 4.56. The summed E-state index contributed by atoms with van der Waals surface area (Å²) in [4.78, 5) is 38.7. The highest BCUT2D eigenvalue weighted by atomic mass is 19.1. The summed E-state index contributed by atoms with van der Waals surface area (Å²) in [6, 6.07) is 2.75. The van der Waals surface area contributed by atoms with Crippen molar-refractivity contribution in [3.05, 3.63) is 63.1 Å². The van der Waals surface area contributed by atoms with Gasteiger partial charge in [-0.2, -0.15) is 0 Å². The normalized spacial score (nSPS) is 17.4. The van der Waals surface area contributed by atoms with Crippen molar-refractivity contribution in [3.8, 4) is 5.75 Å². The van der Waals surface area contributed by atoms with E-state index < -0.39 is 28.7 Å². The van der Waals surface area contributed by atoms with Crippen LogP contribution in [0.3, 0.4) is 0 Å². The van der Waals surface area contributed by atoms with Crippen LogP contribution < -0.4 is 10.7 Å². The third-order valence-corrected chi connectivity index (χ3v) is 5.30. The molecule has 1 aliphatic rings. The van der Waals surface area contributed by atoms with Crippen LogP contribution in [0.5, 0.6) is 5.75 Å². The monoisotopic (exact) mass is 419 g/mol. The number of pyridine rings is 1. The molecule has 2 heterocycles. The number of carbonyl (C=O) groups excluding carboxylic acids is 2. The van der Waals surface area contributed by atoms with Crippen LogP contribution in [0.25, 0.3) is 0 Å². The number of halogens is 2. The van der Waals surface area contributed by atoms with Crippen LogP contribution in [0, 0.1) is 11.6 Å². The molecule has 30 heavy (non-hydrogen) atoms. The van der Waals surface area contributed by atoms with Gasteiger partial charge in [0.15, 0.2) is 12.0 Å². The van der Waals surface area contributed by atoms with Gasteiger partial charge < -0.3 is 19.9 Å². The molecule has 2 N–H and O–H groups in total. The summed E-state index contributed by atoms with van der Waals surface area (Å²) in [5.74, 6) is -3.19. The summed E-state index contributed by atoms with van der Waals surface area (Å²) in [7, 11) is 1.94. The fourth-order valence-electron chi connectivity index (χ4n) is 3.68. The molecule has 1 amide bonds. The van der Waals surface area contributed by atoms with Gasteiger partial charge in [-0.3, -0.25) is 14.4 Å². The predicted octanol–water partition coefficient (Wildman–Crippen LogP) is 2.23. The van der Waals surface area contributed by atoms with Gasteiger partial charge >= 0.3 is 0 Å². The number of aldehydes is 1. The fourth-order valence-corrected chi connectivity index (χ4v) is 3.68. The number of aromatic hydroxyl groups is 1. The van der Waals surface area contributed by atoms with Crippen molar-refractivity contribution in [1.29, 1.82) is 0 Å². The van der Waals surface area contributed by atoms with E-state index in [4.69, 9.17) is 0 Å². The second kappa shape index (κ2) is 9.17. The Bertz CT molecular complexity index is 1020. The number of nitrogens with zero attached hydrogens (tertiary/aromatic N) is 2. The average Bonchev–Trinajstić information content (AvgIpc) is 2.93. The second-order valence-electron chi connectivity index (χ2n) is 7.46. The quantitative estimate of drug-likeness (QED) is 0.726. The maximum absolute atomic E-state index is 13.8. The van der Waals surface area contributed by atoms with Crippen molar-refractivity contribution in [3.63, 3.8) is 0 Å². The highest BCUT2D eigenvalue weighted by molar-refractivity contribution is 5.95. The maximum atomic E-state index is 13.8. The number of hydrogen-bond acceptors (Lipinski definition) is 5. The second-order valence-corrected chi connectivity index (χ2v) is 7.46. The van der Waals surface area contributed by atoms with Crippen LogP contribution in [0.2, 0.25) is 0 Å². The number of hydrogen-bond donors (Lipinski definition) is 2. The van der Waals surface area contributed by atoms with E-state index in [1.54, 1.807) is 0 Å². The molecule has 2 aromatic rings. The molecule has 0 radical (unpaired) electrons. The molecule has 3 rings (SSSR count). The summed E-state index contributed by atoms with van der Waals surface area (Å²) < 4.78 is 28.3. The van der Waals surface area contributed by atoms with E-state index in [1.807, 2.05) is 7.05 Å². The number of amides is 1. The Kier molecular flexibility index (Phi) is 6.61. The van der Waals surface area contributed by atoms with E-state index in [9.17, 15) is 28.3 Å². The number of nitrogens with one attached hydrogen (secondary N) is 1. The zero-order valence-corrected chi connectivity index (χ0v) is 16.5. The summed E-state index contributed by atoms with van der Waals surface area (Å²) in [5, 5.41) is 12.7. The lowest BCUT2D eigenvalue weighted by Gasteiger charge is -2.25. The molecule has 7 nitrogen and oxygen atoms in total. The van der Waals surface area contributed by atoms with Gasteiger partial charge in [-0.25, -0.2) is 8.78 Å². The molecule has 1 aromatic heterocycles. The van der Waals surface area contributed by atoms with E-state index in [1.165, 1.54) is 16.8 Å².